The number of benzene rings is 2. The van der Waals surface area contributed by atoms with Crippen molar-refractivity contribution >= 4 is 23.2 Å². The zero-order valence-corrected chi connectivity index (χ0v) is 12.7. The SMILES string of the molecule is CCCOc1ccc(Oc2ccc(CCl)c(Cl)c2)cc1. The average Bonchev–Trinajstić information content (AvgIpc) is 2.47. The zero-order valence-electron chi connectivity index (χ0n) is 11.2. The van der Waals surface area contributed by atoms with Crippen molar-refractivity contribution < 1.29 is 9.47 Å². The zero-order chi connectivity index (χ0) is 14.4. The normalized spacial score (nSPS) is 10.3. The first-order valence-electron chi connectivity index (χ1n) is 6.48. The molecule has 0 aliphatic rings. The molecular weight excluding hydrogens is 295 g/mol. The summed E-state index contributed by atoms with van der Waals surface area (Å²) in [4.78, 5) is 0. The molecule has 2 nitrogen and oxygen atoms in total. The van der Waals surface area contributed by atoms with Crippen LogP contribution in [0.15, 0.2) is 42.5 Å². The van der Waals surface area contributed by atoms with E-state index in [9.17, 15) is 0 Å². The first kappa shape index (κ1) is 15.0. The second kappa shape index (κ2) is 7.41. The molecule has 2 aromatic rings. The van der Waals surface area contributed by atoms with E-state index in [1.807, 2.05) is 36.4 Å². The third-order valence-corrected chi connectivity index (χ3v) is 3.34. The molecule has 0 saturated carbocycles. The average molecular weight is 311 g/mol. The summed E-state index contributed by atoms with van der Waals surface area (Å²) in [6.45, 7) is 2.79. The van der Waals surface area contributed by atoms with Crippen LogP contribution in [0.4, 0.5) is 0 Å². The monoisotopic (exact) mass is 310 g/mol. The molecule has 0 fully saturated rings. The van der Waals surface area contributed by atoms with Crippen molar-refractivity contribution in [1.29, 1.82) is 0 Å². The molecule has 0 aliphatic carbocycles. The van der Waals surface area contributed by atoms with Crippen LogP contribution >= 0.6 is 23.2 Å². The van der Waals surface area contributed by atoms with Gasteiger partial charge in [-0.2, -0.15) is 0 Å². The van der Waals surface area contributed by atoms with Crippen molar-refractivity contribution in [2.45, 2.75) is 19.2 Å². The lowest BCUT2D eigenvalue weighted by Gasteiger charge is -2.09. The lowest BCUT2D eigenvalue weighted by atomic mass is 10.2. The van der Waals surface area contributed by atoms with Gasteiger partial charge in [-0.25, -0.2) is 0 Å². The van der Waals surface area contributed by atoms with Crippen LogP contribution in [0.2, 0.25) is 5.02 Å². The molecule has 2 aromatic carbocycles. The van der Waals surface area contributed by atoms with Gasteiger partial charge >= 0.3 is 0 Å². The molecule has 0 amide bonds. The summed E-state index contributed by atoms with van der Waals surface area (Å²) in [5.41, 5.74) is 0.893. The molecule has 0 aliphatic heterocycles. The number of ether oxygens (including phenoxy) is 2. The Bertz CT molecular complexity index is 553. The Kier molecular flexibility index (Phi) is 5.57. The Morgan fingerprint density at radius 2 is 1.60 bits per heavy atom. The maximum Gasteiger partial charge on any atom is 0.128 e. The van der Waals surface area contributed by atoms with Gasteiger partial charge in [0.05, 0.1) is 6.61 Å². The highest BCUT2D eigenvalue weighted by atomic mass is 35.5. The van der Waals surface area contributed by atoms with E-state index >= 15 is 0 Å². The fourth-order valence-corrected chi connectivity index (χ4v) is 2.20. The van der Waals surface area contributed by atoms with Crippen LogP contribution in [-0.2, 0) is 5.88 Å². The van der Waals surface area contributed by atoms with Crippen LogP contribution in [0.3, 0.4) is 0 Å². The summed E-state index contributed by atoms with van der Waals surface area (Å²) < 4.78 is 11.3. The van der Waals surface area contributed by atoms with Gasteiger partial charge < -0.3 is 9.47 Å². The molecule has 20 heavy (non-hydrogen) atoms. The minimum absolute atomic E-state index is 0.391. The van der Waals surface area contributed by atoms with Gasteiger partial charge in [-0.1, -0.05) is 24.6 Å². The topological polar surface area (TPSA) is 18.5 Å². The van der Waals surface area contributed by atoms with Gasteiger partial charge in [0, 0.05) is 10.9 Å². The Morgan fingerprint density at radius 1 is 0.950 bits per heavy atom. The second-order valence-electron chi connectivity index (χ2n) is 4.31. The lowest BCUT2D eigenvalue weighted by Crippen LogP contribution is -1.94. The van der Waals surface area contributed by atoms with Gasteiger partial charge in [0.15, 0.2) is 0 Å². The molecule has 0 spiro atoms. The van der Waals surface area contributed by atoms with E-state index in [-0.39, 0.29) is 0 Å². The van der Waals surface area contributed by atoms with Crippen molar-refractivity contribution in [3.05, 3.63) is 53.1 Å². The predicted molar refractivity (Wildman–Crippen MR) is 83.3 cm³/mol. The first-order valence-corrected chi connectivity index (χ1v) is 7.39. The minimum atomic E-state index is 0.391. The number of hydrogen-bond acceptors (Lipinski definition) is 2. The highest BCUT2D eigenvalue weighted by Gasteiger charge is 2.03. The number of halogens is 2. The highest BCUT2D eigenvalue weighted by molar-refractivity contribution is 6.32. The molecule has 0 atom stereocenters. The van der Waals surface area contributed by atoms with Gasteiger partial charge in [-0.05, 0) is 48.4 Å². The number of rotatable bonds is 6. The molecule has 0 heterocycles. The van der Waals surface area contributed by atoms with Crippen LogP contribution in [0.1, 0.15) is 18.9 Å². The van der Waals surface area contributed by atoms with Gasteiger partial charge in [-0.15, -0.1) is 11.6 Å². The molecule has 0 saturated heterocycles. The predicted octanol–water partition coefficient (Wildman–Crippen LogP) is 5.66. The molecule has 4 heteroatoms. The van der Waals surface area contributed by atoms with Gasteiger partial charge in [0.2, 0.25) is 0 Å². The summed E-state index contributed by atoms with van der Waals surface area (Å²) in [5, 5.41) is 0.611. The summed E-state index contributed by atoms with van der Waals surface area (Å²) in [5.74, 6) is 2.66. The fraction of sp³-hybridized carbons (Fsp3) is 0.250. The maximum atomic E-state index is 6.09. The quantitative estimate of drug-likeness (QED) is 0.641. The van der Waals surface area contributed by atoms with E-state index in [4.69, 9.17) is 32.7 Å². The van der Waals surface area contributed by atoms with E-state index in [0.717, 1.165) is 30.1 Å². The van der Waals surface area contributed by atoms with E-state index < -0.39 is 0 Å². The van der Waals surface area contributed by atoms with E-state index in [2.05, 4.69) is 6.92 Å². The minimum Gasteiger partial charge on any atom is -0.494 e. The molecule has 106 valence electrons. The molecule has 2 rings (SSSR count). The third-order valence-electron chi connectivity index (χ3n) is 2.70. The largest absolute Gasteiger partial charge is 0.494 e. The molecule has 0 N–H and O–H groups in total. The summed E-state index contributed by atoms with van der Waals surface area (Å²) >= 11 is 11.9. The highest BCUT2D eigenvalue weighted by Crippen LogP contribution is 2.28. The van der Waals surface area contributed by atoms with Crippen molar-refractivity contribution in [3.8, 4) is 17.2 Å². The Labute approximate surface area is 129 Å². The molecule has 0 radical (unpaired) electrons. The summed E-state index contributed by atoms with van der Waals surface area (Å²) in [6, 6.07) is 13.0. The van der Waals surface area contributed by atoms with Crippen LogP contribution < -0.4 is 9.47 Å². The smallest absolute Gasteiger partial charge is 0.128 e. The van der Waals surface area contributed by atoms with E-state index in [1.165, 1.54) is 0 Å². The van der Waals surface area contributed by atoms with E-state index in [1.54, 1.807) is 6.07 Å². The van der Waals surface area contributed by atoms with Crippen molar-refractivity contribution in [3.63, 3.8) is 0 Å². The molecular formula is C16H16Cl2O2. The molecule has 0 unspecified atom stereocenters. The Hall–Kier alpha value is -1.38. The van der Waals surface area contributed by atoms with Crippen molar-refractivity contribution in [2.24, 2.45) is 0 Å². The maximum absolute atomic E-state index is 6.09. The fourth-order valence-electron chi connectivity index (χ4n) is 1.66. The van der Waals surface area contributed by atoms with Crippen LogP contribution in [0.25, 0.3) is 0 Å². The molecule has 0 bridgehead atoms. The standard InChI is InChI=1S/C16H16Cl2O2/c1-2-9-19-13-5-7-14(8-6-13)20-15-4-3-12(11-17)16(18)10-15/h3-8,10H,2,9,11H2,1H3. The van der Waals surface area contributed by atoms with Crippen molar-refractivity contribution in [1.82, 2.24) is 0 Å². The third kappa shape index (κ3) is 4.06. The van der Waals surface area contributed by atoms with Gasteiger partial charge in [-0.3, -0.25) is 0 Å². The van der Waals surface area contributed by atoms with Crippen LogP contribution in [0.5, 0.6) is 17.2 Å². The first-order chi connectivity index (χ1) is 9.72. The summed E-state index contributed by atoms with van der Waals surface area (Å²) in [7, 11) is 0. The van der Waals surface area contributed by atoms with Crippen LogP contribution in [0, 0.1) is 0 Å². The lowest BCUT2D eigenvalue weighted by molar-refractivity contribution is 0.317. The number of hydrogen-bond donors (Lipinski definition) is 0. The Balaban J connectivity index is 2.04. The summed E-state index contributed by atoms with van der Waals surface area (Å²) in [6.07, 6.45) is 0.990. The number of alkyl halides is 1. The van der Waals surface area contributed by atoms with Gasteiger partial charge in [0.25, 0.3) is 0 Å². The molecule has 0 aromatic heterocycles. The van der Waals surface area contributed by atoms with Crippen LogP contribution in [-0.4, -0.2) is 6.61 Å². The van der Waals surface area contributed by atoms with Gasteiger partial charge in [0.1, 0.15) is 17.2 Å². The second-order valence-corrected chi connectivity index (χ2v) is 4.98. The van der Waals surface area contributed by atoms with Crippen molar-refractivity contribution in [2.75, 3.05) is 6.61 Å². The van der Waals surface area contributed by atoms with E-state index in [0.29, 0.717) is 16.7 Å². The Morgan fingerprint density at radius 3 is 2.20 bits per heavy atom.